The van der Waals surface area contributed by atoms with Gasteiger partial charge in [-0.25, -0.2) is 0 Å². The fourth-order valence-electron chi connectivity index (χ4n) is 1.23. The quantitative estimate of drug-likeness (QED) is 0.801. The predicted octanol–water partition coefficient (Wildman–Crippen LogP) is 1.45. The van der Waals surface area contributed by atoms with Crippen molar-refractivity contribution in [2.75, 3.05) is 0 Å². The van der Waals surface area contributed by atoms with Crippen molar-refractivity contribution in [3.05, 3.63) is 40.3 Å². The molecule has 3 nitrogen and oxygen atoms in total. The van der Waals surface area contributed by atoms with Crippen LogP contribution in [0, 0.1) is 0 Å². The van der Waals surface area contributed by atoms with E-state index in [1.807, 2.05) is 10.7 Å². The van der Waals surface area contributed by atoms with E-state index in [4.69, 9.17) is 5.73 Å². The molecular weight excluding hydrogens is 182 g/mol. The Bertz CT molecular complexity index is 364. The zero-order valence-corrected chi connectivity index (χ0v) is 8.00. The molecule has 68 valence electrons. The summed E-state index contributed by atoms with van der Waals surface area (Å²) in [5.74, 6) is 0. The molecule has 4 heteroatoms. The van der Waals surface area contributed by atoms with Gasteiger partial charge in [-0.15, -0.1) is 0 Å². The first kappa shape index (κ1) is 8.47. The molecule has 13 heavy (non-hydrogen) atoms. The van der Waals surface area contributed by atoms with E-state index in [2.05, 4.69) is 21.9 Å². The van der Waals surface area contributed by atoms with Crippen molar-refractivity contribution >= 4 is 11.3 Å². The van der Waals surface area contributed by atoms with E-state index in [0.717, 1.165) is 12.2 Å². The first-order valence-electron chi connectivity index (χ1n) is 4.12. The van der Waals surface area contributed by atoms with Crippen LogP contribution < -0.4 is 5.73 Å². The summed E-state index contributed by atoms with van der Waals surface area (Å²) >= 11 is 1.70. The Kier molecular flexibility index (Phi) is 2.42. The molecule has 0 bridgehead atoms. The van der Waals surface area contributed by atoms with E-state index >= 15 is 0 Å². The van der Waals surface area contributed by atoms with E-state index in [1.54, 1.807) is 17.5 Å². The molecule has 0 spiro atoms. The Morgan fingerprint density at radius 1 is 1.46 bits per heavy atom. The average molecular weight is 193 g/mol. The third-order valence-corrected chi connectivity index (χ3v) is 2.66. The SMILES string of the molecule is NCc1ccnn1Cc1ccsc1. The molecule has 0 aliphatic carbocycles. The second kappa shape index (κ2) is 3.72. The lowest BCUT2D eigenvalue weighted by Crippen LogP contribution is -2.09. The highest BCUT2D eigenvalue weighted by molar-refractivity contribution is 7.07. The molecule has 2 N–H and O–H groups in total. The molecule has 0 aromatic carbocycles. The highest BCUT2D eigenvalue weighted by Gasteiger charge is 2.00. The Labute approximate surface area is 80.8 Å². The predicted molar refractivity (Wildman–Crippen MR) is 53.5 cm³/mol. The van der Waals surface area contributed by atoms with Crippen LogP contribution in [0.3, 0.4) is 0 Å². The van der Waals surface area contributed by atoms with Crippen molar-refractivity contribution in [3.8, 4) is 0 Å². The largest absolute Gasteiger partial charge is 0.325 e. The number of rotatable bonds is 3. The van der Waals surface area contributed by atoms with Gasteiger partial charge in [-0.05, 0) is 28.5 Å². The number of thiophene rings is 1. The maximum Gasteiger partial charge on any atom is 0.0671 e. The highest BCUT2D eigenvalue weighted by atomic mass is 32.1. The molecule has 0 aliphatic rings. The van der Waals surface area contributed by atoms with Gasteiger partial charge >= 0.3 is 0 Å². The van der Waals surface area contributed by atoms with Crippen molar-refractivity contribution < 1.29 is 0 Å². The van der Waals surface area contributed by atoms with E-state index < -0.39 is 0 Å². The summed E-state index contributed by atoms with van der Waals surface area (Å²) in [4.78, 5) is 0. The van der Waals surface area contributed by atoms with Gasteiger partial charge in [-0.2, -0.15) is 16.4 Å². The minimum Gasteiger partial charge on any atom is -0.325 e. The van der Waals surface area contributed by atoms with E-state index in [-0.39, 0.29) is 0 Å². The summed E-state index contributed by atoms with van der Waals surface area (Å²) in [6.45, 7) is 1.37. The molecule has 0 aliphatic heterocycles. The molecule has 0 amide bonds. The number of nitrogens with two attached hydrogens (primary N) is 1. The monoisotopic (exact) mass is 193 g/mol. The standard InChI is InChI=1S/C9H11N3S/c10-5-9-1-3-11-12(9)6-8-2-4-13-7-8/h1-4,7H,5-6,10H2. The molecule has 2 aromatic heterocycles. The minimum atomic E-state index is 0.546. The molecular formula is C9H11N3S. The molecule has 2 rings (SSSR count). The van der Waals surface area contributed by atoms with Crippen LogP contribution in [0.1, 0.15) is 11.3 Å². The Hall–Kier alpha value is -1.13. The zero-order valence-electron chi connectivity index (χ0n) is 7.18. The first-order valence-corrected chi connectivity index (χ1v) is 5.06. The number of hydrogen-bond donors (Lipinski definition) is 1. The third kappa shape index (κ3) is 1.79. The second-order valence-corrected chi connectivity index (χ2v) is 3.60. The lowest BCUT2D eigenvalue weighted by Gasteiger charge is -2.03. The summed E-state index contributed by atoms with van der Waals surface area (Å²) in [6.07, 6.45) is 1.79. The summed E-state index contributed by atoms with van der Waals surface area (Å²) in [7, 11) is 0. The number of aromatic nitrogens is 2. The smallest absolute Gasteiger partial charge is 0.0671 e. The third-order valence-electron chi connectivity index (χ3n) is 1.93. The van der Waals surface area contributed by atoms with Crippen molar-refractivity contribution in [1.29, 1.82) is 0 Å². The van der Waals surface area contributed by atoms with E-state index in [9.17, 15) is 0 Å². The van der Waals surface area contributed by atoms with Gasteiger partial charge in [0.05, 0.1) is 12.2 Å². The van der Waals surface area contributed by atoms with Crippen LogP contribution in [0.5, 0.6) is 0 Å². The molecule has 2 heterocycles. The van der Waals surface area contributed by atoms with Gasteiger partial charge in [0.25, 0.3) is 0 Å². The Balaban J connectivity index is 2.18. The maximum atomic E-state index is 5.57. The number of nitrogens with zero attached hydrogens (tertiary/aromatic N) is 2. The molecule has 0 unspecified atom stereocenters. The summed E-state index contributed by atoms with van der Waals surface area (Å²) in [5.41, 5.74) is 7.92. The number of hydrogen-bond acceptors (Lipinski definition) is 3. The molecule has 0 saturated carbocycles. The summed E-state index contributed by atoms with van der Waals surface area (Å²) in [5, 5.41) is 8.40. The van der Waals surface area contributed by atoms with Crippen LogP contribution in [0.4, 0.5) is 0 Å². The van der Waals surface area contributed by atoms with Gasteiger partial charge < -0.3 is 5.73 Å². The molecule has 2 aromatic rings. The van der Waals surface area contributed by atoms with Gasteiger partial charge in [0.1, 0.15) is 0 Å². The summed E-state index contributed by atoms with van der Waals surface area (Å²) < 4.78 is 1.93. The lowest BCUT2D eigenvalue weighted by atomic mass is 10.3. The van der Waals surface area contributed by atoms with Crippen LogP contribution in [-0.4, -0.2) is 9.78 Å². The average Bonchev–Trinajstić information content (AvgIpc) is 2.76. The van der Waals surface area contributed by atoms with Crippen molar-refractivity contribution in [3.63, 3.8) is 0 Å². The van der Waals surface area contributed by atoms with E-state index in [0.29, 0.717) is 6.54 Å². The van der Waals surface area contributed by atoms with E-state index in [1.165, 1.54) is 5.56 Å². The van der Waals surface area contributed by atoms with Gasteiger partial charge in [-0.3, -0.25) is 4.68 Å². The van der Waals surface area contributed by atoms with Gasteiger partial charge in [0.2, 0.25) is 0 Å². The maximum absolute atomic E-state index is 5.57. The van der Waals surface area contributed by atoms with Crippen molar-refractivity contribution in [1.82, 2.24) is 9.78 Å². The van der Waals surface area contributed by atoms with Gasteiger partial charge in [0.15, 0.2) is 0 Å². The fourth-order valence-corrected chi connectivity index (χ4v) is 1.89. The Morgan fingerprint density at radius 3 is 3.08 bits per heavy atom. The van der Waals surface area contributed by atoms with Crippen LogP contribution in [0.2, 0.25) is 0 Å². The zero-order chi connectivity index (χ0) is 9.10. The molecule has 0 fully saturated rings. The van der Waals surface area contributed by atoms with Crippen LogP contribution in [0.25, 0.3) is 0 Å². The molecule has 0 atom stereocenters. The first-order chi connectivity index (χ1) is 6.40. The molecule has 0 radical (unpaired) electrons. The molecule has 0 saturated heterocycles. The highest BCUT2D eigenvalue weighted by Crippen LogP contribution is 2.09. The normalized spacial score (nSPS) is 10.5. The van der Waals surface area contributed by atoms with Crippen molar-refractivity contribution in [2.45, 2.75) is 13.1 Å². The van der Waals surface area contributed by atoms with Crippen LogP contribution in [0.15, 0.2) is 29.1 Å². The van der Waals surface area contributed by atoms with Gasteiger partial charge in [-0.1, -0.05) is 0 Å². The minimum absolute atomic E-state index is 0.546. The topological polar surface area (TPSA) is 43.8 Å². The van der Waals surface area contributed by atoms with Crippen LogP contribution >= 0.6 is 11.3 Å². The van der Waals surface area contributed by atoms with Gasteiger partial charge in [0, 0.05) is 12.7 Å². The fraction of sp³-hybridized carbons (Fsp3) is 0.222. The Morgan fingerprint density at radius 2 is 2.38 bits per heavy atom. The second-order valence-electron chi connectivity index (χ2n) is 2.82. The summed E-state index contributed by atoms with van der Waals surface area (Å²) in [6, 6.07) is 4.05. The lowest BCUT2D eigenvalue weighted by molar-refractivity contribution is 0.647. The van der Waals surface area contributed by atoms with Crippen LogP contribution in [-0.2, 0) is 13.1 Å². The van der Waals surface area contributed by atoms with Crippen molar-refractivity contribution in [2.24, 2.45) is 5.73 Å².